The summed E-state index contributed by atoms with van der Waals surface area (Å²) < 4.78 is 1.01. The monoisotopic (exact) mass is 268 g/mol. The summed E-state index contributed by atoms with van der Waals surface area (Å²) in [5.41, 5.74) is -1.21. The van der Waals surface area contributed by atoms with Crippen LogP contribution < -0.4 is 16.3 Å². The Kier molecular flexibility index (Phi) is 4.63. The van der Waals surface area contributed by atoms with Crippen LogP contribution in [0.1, 0.15) is 47.1 Å². The molecule has 7 heteroatoms. The van der Waals surface area contributed by atoms with Gasteiger partial charge in [-0.05, 0) is 27.2 Å². The number of carbonyl (C=O) groups is 1. The lowest BCUT2D eigenvalue weighted by molar-refractivity contribution is -0.117. The van der Waals surface area contributed by atoms with Crippen LogP contribution in [0.4, 0.5) is 5.95 Å². The van der Waals surface area contributed by atoms with E-state index < -0.39 is 11.4 Å². The van der Waals surface area contributed by atoms with Crippen molar-refractivity contribution >= 4 is 11.9 Å². The summed E-state index contributed by atoms with van der Waals surface area (Å²) in [4.78, 5) is 43.0. The Morgan fingerprint density at radius 2 is 1.95 bits per heavy atom. The van der Waals surface area contributed by atoms with Gasteiger partial charge >= 0.3 is 11.4 Å². The number of hydrogen-bond acceptors (Lipinski definition) is 4. The average Bonchev–Trinajstić information content (AvgIpc) is 2.26. The van der Waals surface area contributed by atoms with E-state index >= 15 is 0 Å². The van der Waals surface area contributed by atoms with Crippen molar-refractivity contribution in [2.24, 2.45) is 0 Å². The van der Waals surface area contributed by atoms with Gasteiger partial charge in [-0.15, -0.1) is 0 Å². The zero-order valence-electron chi connectivity index (χ0n) is 11.9. The lowest BCUT2D eigenvalue weighted by Crippen LogP contribution is -2.44. The van der Waals surface area contributed by atoms with E-state index in [2.05, 4.69) is 9.97 Å². The Morgan fingerprint density at radius 3 is 2.32 bits per heavy atom. The lowest BCUT2D eigenvalue weighted by Gasteiger charge is -2.25. The van der Waals surface area contributed by atoms with Crippen molar-refractivity contribution < 1.29 is 4.79 Å². The van der Waals surface area contributed by atoms with Crippen LogP contribution in [0.3, 0.4) is 0 Å². The molecule has 1 atom stereocenters. The van der Waals surface area contributed by atoms with Gasteiger partial charge in [0.2, 0.25) is 11.9 Å². The second-order valence-corrected chi connectivity index (χ2v) is 4.76. The quantitative estimate of drug-likeness (QED) is 0.869. The summed E-state index contributed by atoms with van der Waals surface area (Å²) in [6.07, 6.45) is 0.691. The first-order valence-electron chi connectivity index (χ1n) is 6.32. The SMILES string of the molecule is CCC(C)N(C(C)=O)c1nc(=O)n(C(C)C)c(=O)[nH]1. The number of amides is 1. The Balaban J connectivity index is 3.40. The van der Waals surface area contributed by atoms with Crippen LogP contribution in [-0.2, 0) is 4.79 Å². The molecule has 0 aliphatic carbocycles. The summed E-state index contributed by atoms with van der Waals surface area (Å²) in [6, 6.07) is -0.429. The molecule has 1 rings (SSSR count). The molecule has 1 unspecified atom stereocenters. The van der Waals surface area contributed by atoms with E-state index in [-0.39, 0.29) is 23.9 Å². The standard InChI is InChI=1S/C12H20N4O3/c1-6-8(4)16(9(5)17)10-13-11(18)15(7(2)3)12(19)14-10/h7-8H,6H2,1-5H3,(H,13,14,18,19). The van der Waals surface area contributed by atoms with E-state index in [4.69, 9.17) is 0 Å². The van der Waals surface area contributed by atoms with E-state index in [1.165, 1.54) is 11.8 Å². The lowest BCUT2D eigenvalue weighted by atomic mass is 10.2. The Labute approximate surface area is 111 Å². The molecular formula is C12H20N4O3. The molecule has 0 bridgehead atoms. The van der Waals surface area contributed by atoms with Gasteiger partial charge in [-0.2, -0.15) is 4.98 Å². The van der Waals surface area contributed by atoms with Crippen LogP contribution in [-0.4, -0.2) is 26.5 Å². The minimum Gasteiger partial charge on any atom is -0.279 e. The van der Waals surface area contributed by atoms with Gasteiger partial charge in [0.05, 0.1) is 0 Å². The number of rotatable bonds is 4. The van der Waals surface area contributed by atoms with Crippen molar-refractivity contribution in [2.45, 2.75) is 53.1 Å². The predicted octanol–water partition coefficient (Wildman–Crippen LogP) is 0.664. The number of H-pyrrole nitrogens is 1. The fourth-order valence-electron chi connectivity index (χ4n) is 1.84. The molecule has 0 saturated heterocycles. The third-order valence-corrected chi connectivity index (χ3v) is 2.96. The Hall–Kier alpha value is -1.92. The minimum absolute atomic E-state index is 0.00810. The number of carbonyl (C=O) groups excluding carboxylic acids is 1. The van der Waals surface area contributed by atoms with Crippen LogP contribution in [0.5, 0.6) is 0 Å². The number of anilines is 1. The first-order valence-corrected chi connectivity index (χ1v) is 6.32. The number of hydrogen-bond donors (Lipinski definition) is 1. The van der Waals surface area contributed by atoms with Gasteiger partial charge in [0.1, 0.15) is 0 Å². The van der Waals surface area contributed by atoms with Crippen molar-refractivity contribution in [1.82, 2.24) is 14.5 Å². The first-order chi connectivity index (χ1) is 8.79. The molecule has 7 nitrogen and oxygen atoms in total. The van der Waals surface area contributed by atoms with Gasteiger partial charge in [0.15, 0.2) is 0 Å². The average molecular weight is 268 g/mol. The van der Waals surface area contributed by atoms with Gasteiger partial charge in [-0.1, -0.05) is 6.92 Å². The molecule has 1 aromatic heterocycles. The van der Waals surface area contributed by atoms with Crippen molar-refractivity contribution in [3.63, 3.8) is 0 Å². The largest absolute Gasteiger partial charge is 0.355 e. The van der Waals surface area contributed by atoms with Crippen LogP contribution in [0.15, 0.2) is 9.59 Å². The summed E-state index contributed by atoms with van der Waals surface area (Å²) in [5, 5.41) is 0. The molecule has 1 aromatic rings. The second kappa shape index (κ2) is 5.81. The predicted molar refractivity (Wildman–Crippen MR) is 72.4 cm³/mol. The van der Waals surface area contributed by atoms with E-state index in [0.717, 1.165) is 4.57 Å². The van der Waals surface area contributed by atoms with Crippen molar-refractivity contribution in [3.05, 3.63) is 21.0 Å². The maximum Gasteiger partial charge on any atom is 0.355 e. The third-order valence-electron chi connectivity index (χ3n) is 2.96. The number of nitrogens with one attached hydrogen (secondary N) is 1. The van der Waals surface area contributed by atoms with Gasteiger partial charge < -0.3 is 0 Å². The second-order valence-electron chi connectivity index (χ2n) is 4.76. The topological polar surface area (TPSA) is 88.1 Å². The summed E-state index contributed by atoms with van der Waals surface area (Å²) in [6.45, 7) is 8.55. The van der Waals surface area contributed by atoms with Crippen molar-refractivity contribution in [3.8, 4) is 0 Å². The van der Waals surface area contributed by atoms with Gasteiger partial charge in [-0.3, -0.25) is 14.7 Å². The number of nitrogens with zero attached hydrogens (tertiary/aromatic N) is 3. The highest BCUT2D eigenvalue weighted by atomic mass is 16.2. The molecule has 0 saturated carbocycles. The number of aromatic amines is 1. The zero-order valence-corrected chi connectivity index (χ0v) is 11.9. The smallest absolute Gasteiger partial charge is 0.279 e. The first kappa shape index (κ1) is 15.1. The maximum atomic E-state index is 11.9. The molecule has 106 valence electrons. The molecule has 1 amide bonds. The molecule has 0 spiro atoms. The normalized spacial score (nSPS) is 12.5. The minimum atomic E-state index is -0.650. The van der Waals surface area contributed by atoms with Crippen molar-refractivity contribution in [2.75, 3.05) is 4.90 Å². The molecule has 1 heterocycles. The molecule has 1 N–H and O–H groups in total. The van der Waals surface area contributed by atoms with E-state index in [9.17, 15) is 14.4 Å². The fraction of sp³-hybridized carbons (Fsp3) is 0.667. The molecular weight excluding hydrogens is 248 g/mol. The van der Waals surface area contributed by atoms with Gasteiger partial charge in [0.25, 0.3) is 0 Å². The van der Waals surface area contributed by atoms with Gasteiger partial charge in [0, 0.05) is 19.0 Å². The molecule has 0 aliphatic rings. The fourth-order valence-corrected chi connectivity index (χ4v) is 1.84. The van der Waals surface area contributed by atoms with Crippen molar-refractivity contribution in [1.29, 1.82) is 0 Å². The molecule has 19 heavy (non-hydrogen) atoms. The third kappa shape index (κ3) is 3.10. The van der Waals surface area contributed by atoms with Crippen LogP contribution in [0.2, 0.25) is 0 Å². The number of aromatic nitrogens is 3. The molecule has 0 radical (unpaired) electrons. The molecule has 0 aromatic carbocycles. The molecule has 0 fully saturated rings. The van der Waals surface area contributed by atoms with Crippen LogP contribution in [0, 0.1) is 0 Å². The Bertz CT molecular complexity index is 542. The Morgan fingerprint density at radius 1 is 1.37 bits per heavy atom. The van der Waals surface area contributed by atoms with E-state index in [1.54, 1.807) is 13.8 Å². The van der Waals surface area contributed by atoms with E-state index in [0.29, 0.717) is 6.42 Å². The maximum absolute atomic E-state index is 11.9. The summed E-state index contributed by atoms with van der Waals surface area (Å²) >= 11 is 0. The highest BCUT2D eigenvalue weighted by Crippen LogP contribution is 2.11. The van der Waals surface area contributed by atoms with Crippen LogP contribution in [0.25, 0.3) is 0 Å². The summed E-state index contributed by atoms with van der Waals surface area (Å²) in [5.74, 6) is -0.257. The summed E-state index contributed by atoms with van der Waals surface area (Å²) in [7, 11) is 0. The van der Waals surface area contributed by atoms with E-state index in [1.807, 2.05) is 13.8 Å². The highest BCUT2D eigenvalue weighted by Gasteiger charge is 2.21. The molecule has 0 aliphatic heterocycles. The zero-order chi connectivity index (χ0) is 14.7. The van der Waals surface area contributed by atoms with Gasteiger partial charge in [-0.25, -0.2) is 14.2 Å². The highest BCUT2D eigenvalue weighted by molar-refractivity contribution is 5.89. The van der Waals surface area contributed by atoms with Crippen LogP contribution >= 0.6 is 0 Å².